The maximum Gasteiger partial charge on any atom is 0.255 e. The summed E-state index contributed by atoms with van der Waals surface area (Å²) in [5.41, 5.74) is 0.528. The zero-order valence-electron chi connectivity index (χ0n) is 16.4. The molecule has 0 radical (unpaired) electrons. The third-order valence-electron chi connectivity index (χ3n) is 5.65. The molecule has 1 amide bonds. The summed E-state index contributed by atoms with van der Waals surface area (Å²) in [5, 5.41) is 0. The first-order valence-corrected chi connectivity index (χ1v) is 11.5. The number of benzene rings is 1. The van der Waals surface area contributed by atoms with Crippen molar-refractivity contribution in [3.05, 3.63) is 60.4 Å². The van der Waals surface area contributed by atoms with Gasteiger partial charge in [-0.3, -0.25) is 9.78 Å². The number of likely N-dealkylation sites (tertiary alicyclic amines) is 2. The molecule has 0 spiro atoms. The molecule has 154 valence electrons. The van der Waals surface area contributed by atoms with E-state index in [1.165, 1.54) is 12.8 Å². The van der Waals surface area contributed by atoms with Crippen LogP contribution in [-0.4, -0.2) is 78.7 Å². The Labute approximate surface area is 172 Å². The van der Waals surface area contributed by atoms with Crippen LogP contribution in [0.5, 0.6) is 0 Å². The van der Waals surface area contributed by atoms with Crippen molar-refractivity contribution in [3.8, 4) is 0 Å². The molecule has 0 N–H and O–H groups in total. The molecule has 0 saturated carbocycles. The Balaban J connectivity index is 1.48. The number of hydrogen-bond donors (Lipinski definition) is 0. The van der Waals surface area contributed by atoms with E-state index in [9.17, 15) is 13.2 Å². The Morgan fingerprint density at radius 1 is 1.07 bits per heavy atom. The number of aromatic nitrogens is 1. The highest BCUT2D eigenvalue weighted by molar-refractivity contribution is 7.89. The highest BCUT2D eigenvalue weighted by atomic mass is 32.2. The van der Waals surface area contributed by atoms with Gasteiger partial charge in [0, 0.05) is 38.6 Å². The first-order valence-electron chi connectivity index (χ1n) is 10.0. The third-order valence-corrected chi connectivity index (χ3v) is 7.62. The van der Waals surface area contributed by atoms with Crippen LogP contribution in [0.4, 0.5) is 0 Å². The average molecular weight is 415 g/mol. The topological polar surface area (TPSA) is 73.8 Å². The van der Waals surface area contributed by atoms with Crippen molar-refractivity contribution in [1.29, 1.82) is 0 Å². The lowest BCUT2D eigenvalue weighted by Gasteiger charge is -2.44. The Hall–Kier alpha value is -2.29. The minimum absolute atomic E-state index is 0.106. The lowest BCUT2D eigenvalue weighted by molar-refractivity contribution is 0.0442. The lowest BCUT2D eigenvalue weighted by Crippen LogP contribution is -2.63. The molecule has 2 aromatic rings. The summed E-state index contributed by atoms with van der Waals surface area (Å²) >= 11 is 0. The standard InChI is InChI=1S/C21H26N4O3S/c26-21(18-7-6-10-22-15-18)24-16-19(17-24)25(14-13-23-11-4-5-12-23)29(27,28)20-8-2-1-3-9-20/h1-3,6-10,15,19H,4-5,11-14,16-17H2. The maximum absolute atomic E-state index is 13.3. The molecule has 2 aliphatic heterocycles. The third kappa shape index (κ3) is 4.34. The van der Waals surface area contributed by atoms with Crippen LogP contribution in [0.2, 0.25) is 0 Å². The Kier molecular flexibility index (Phi) is 5.94. The fourth-order valence-corrected chi connectivity index (χ4v) is 5.57. The lowest BCUT2D eigenvalue weighted by atomic mass is 10.1. The number of carbonyl (C=O) groups is 1. The van der Waals surface area contributed by atoms with Crippen molar-refractivity contribution >= 4 is 15.9 Å². The summed E-state index contributed by atoms with van der Waals surface area (Å²) in [4.78, 5) is 20.9. The highest BCUT2D eigenvalue weighted by Gasteiger charge is 2.41. The Morgan fingerprint density at radius 2 is 1.79 bits per heavy atom. The summed E-state index contributed by atoms with van der Waals surface area (Å²) in [7, 11) is -3.61. The monoisotopic (exact) mass is 414 g/mol. The van der Waals surface area contributed by atoms with E-state index in [-0.39, 0.29) is 11.9 Å². The molecule has 1 aromatic carbocycles. The van der Waals surface area contributed by atoms with Gasteiger partial charge in [0.1, 0.15) is 0 Å². The van der Waals surface area contributed by atoms with Crippen LogP contribution < -0.4 is 0 Å². The smallest absolute Gasteiger partial charge is 0.255 e. The molecule has 0 bridgehead atoms. The van der Waals surface area contributed by atoms with Crippen molar-refractivity contribution in [1.82, 2.24) is 19.1 Å². The van der Waals surface area contributed by atoms with Crippen molar-refractivity contribution < 1.29 is 13.2 Å². The molecule has 0 atom stereocenters. The normalized spacial score (nSPS) is 18.2. The van der Waals surface area contributed by atoms with E-state index < -0.39 is 10.0 Å². The molecule has 0 unspecified atom stereocenters. The van der Waals surface area contributed by atoms with Gasteiger partial charge in [-0.1, -0.05) is 18.2 Å². The number of hydrogen-bond acceptors (Lipinski definition) is 5. The van der Waals surface area contributed by atoms with Gasteiger partial charge in [0.2, 0.25) is 10.0 Å². The van der Waals surface area contributed by atoms with E-state index in [4.69, 9.17) is 0 Å². The van der Waals surface area contributed by atoms with E-state index >= 15 is 0 Å². The number of rotatable bonds is 7. The molecule has 3 heterocycles. The summed E-state index contributed by atoms with van der Waals surface area (Å²) in [6, 6.07) is 11.8. The summed E-state index contributed by atoms with van der Waals surface area (Å²) < 4.78 is 28.2. The molecule has 8 heteroatoms. The van der Waals surface area contributed by atoms with Gasteiger partial charge in [0.25, 0.3) is 5.91 Å². The van der Waals surface area contributed by atoms with Crippen LogP contribution in [0.3, 0.4) is 0 Å². The second-order valence-corrected chi connectivity index (χ2v) is 9.47. The van der Waals surface area contributed by atoms with Crippen molar-refractivity contribution in [3.63, 3.8) is 0 Å². The molecular formula is C21H26N4O3S. The maximum atomic E-state index is 13.3. The first kappa shape index (κ1) is 20.0. The second kappa shape index (κ2) is 8.61. The minimum Gasteiger partial charge on any atom is -0.335 e. The van der Waals surface area contributed by atoms with E-state index in [0.717, 1.165) is 19.6 Å². The van der Waals surface area contributed by atoms with Gasteiger partial charge in [-0.2, -0.15) is 4.31 Å². The van der Waals surface area contributed by atoms with Crippen LogP contribution in [0.25, 0.3) is 0 Å². The zero-order valence-corrected chi connectivity index (χ0v) is 17.2. The minimum atomic E-state index is -3.61. The van der Waals surface area contributed by atoms with Gasteiger partial charge in [-0.25, -0.2) is 8.42 Å². The number of nitrogens with zero attached hydrogens (tertiary/aromatic N) is 4. The van der Waals surface area contributed by atoms with Gasteiger partial charge in [-0.05, 0) is 50.2 Å². The molecule has 4 rings (SSSR count). The largest absolute Gasteiger partial charge is 0.335 e. The molecular weight excluding hydrogens is 388 g/mol. The van der Waals surface area contributed by atoms with E-state index in [1.54, 1.807) is 58.0 Å². The fraction of sp³-hybridized carbons (Fsp3) is 0.429. The van der Waals surface area contributed by atoms with Crippen LogP contribution >= 0.6 is 0 Å². The molecule has 2 fully saturated rings. The first-order chi connectivity index (χ1) is 14.1. The predicted molar refractivity (Wildman–Crippen MR) is 110 cm³/mol. The van der Waals surface area contributed by atoms with Crippen LogP contribution in [0, 0.1) is 0 Å². The predicted octanol–water partition coefficient (Wildman–Crippen LogP) is 1.69. The highest BCUT2D eigenvalue weighted by Crippen LogP contribution is 2.25. The number of amides is 1. The fourth-order valence-electron chi connectivity index (χ4n) is 3.95. The Morgan fingerprint density at radius 3 is 2.45 bits per heavy atom. The molecule has 2 aliphatic rings. The summed E-state index contributed by atoms with van der Waals surface area (Å²) in [6.07, 6.45) is 5.51. The molecule has 1 aromatic heterocycles. The molecule has 7 nitrogen and oxygen atoms in total. The van der Waals surface area contributed by atoms with Gasteiger partial charge >= 0.3 is 0 Å². The second-order valence-electron chi connectivity index (χ2n) is 7.58. The van der Waals surface area contributed by atoms with Crippen molar-refractivity contribution in [2.75, 3.05) is 39.3 Å². The van der Waals surface area contributed by atoms with Crippen molar-refractivity contribution in [2.24, 2.45) is 0 Å². The van der Waals surface area contributed by atoms with Gasteiger partial charge in [-0.15, -0.1) is 0 Å². The Bertz CT molecular complexity index is 925. The van der Waals surface area contributed by atoms with Gasteiger partial charge < -0.3 is 9.80 Å². The van der Waals surface area contributed by atoms with E-state index in [1.807, 2.05) is 6.07 Å². The SMILES string of the molecule is O=C(c1cccnc1)N1CC(N(CCN2CCCC2)S(=O)(=O)c2ccccc2)C1. The zero-order chi connectivity index (χ0) is 20.3. The summed E-state index contributed by atoms with van der Waals surface area (Å²) in [6.45, 7) is 4.01. The van der Waals surface area contributed by atoms with Crippen molar-refractivity contribution in [2.45, 2.75) is 23.8 Å². The summed E-state index contributed by atoms with van der Waals surface area (Å²) in [5.74, 6) is -0.106. The molecule has 29 heavy (non-hydrogen) atoms. The molecule has 0 aliphatic carbocycles. The number of pyridine rings is 1. The van der Waals surface area contributed by atoms with Gasteiger partial charge in [0.05, 0.1) is 16.5 Å². The quantitative estimate of drug-likeness (QED) is 0.689. The number of sulfonamides is 1. The molecule has 2 saturated heterocycles. The average Bonchev–Trinajstić information content (AvgIpc) is 3.24. The van der Waals surface area contributed by atoms with Crippen LogP contribution in [-0.2, 0) is 10.0 Å². The van der Waals surface area contributed by atoms with E-state index in [2.05, 4.69) is 9.88 Å². The van der Waals surface area contributed by atoms with E-state index in [0.29, 0.717) is 30.1 Å². The van der Waals surface area contributed by atoms with Crippen LogP contribution in [0.15, 0.2) is 59.8 Å². The number of carbonyl (C=O) groups excluding carboxylic acids is 1. The van der Waals surface area contributed by atoms with Crippen LogP contribution in [0.1, 0.15) is 23.2 Å². The van der Waals surface area contributed by atoms with Gasteiger partial charge in [0.15, 0.2) is 0 Å².